The molecule has 1 N–H and O–H groups in total. The van der Waals surface area contributed by atoms with Gasteiger partial charge in [-0.15, -0.1) is 0 Å². The molecule has 0 atom stereocenters. The summed E-state index contributed by atoms with van der Waals surface area (Å²) in [5.41, 5.74) is 1.36. The molecule has 5 nitrogen and oxygen atoms in total. The maximum atomic E-state index is 13.9. The van der Waals surface area contributed by atoms with Crippen molar-refractivity contribution in [3.05, 3.63) is 106 Å². The van der Waals surface area contributed by atoms with E-state index < -0.39 is 11.7 Å². The number of nitriles is 1. The van der Waals surface area contributed by atoms with Crippen molar-refractivity contribution in [2.75, 3.05) is 11.9 Å². The molecule has 0 radical (unpaired) electrons. The van der Waals surface area contributed by atoms with Crippen LogP contribution in [-0.2, 0) is 11.4 Å². The van der Waals surface area contributed by atoms with Crippen molar-refractivity contribution in [2.45, 2.75) is 13.5 Å². The molecule has 0 saturated carbocycles. The minimum atomic E-state index is -0.715. The number of carbonyl (C=O) groups excluding carboxylic acids is 1. The van der Waals surface area contributed by atoms with Crippen LogP contribution in [0.5, 0.6) is 11.5 Å². The molecule has 0 aliphatic rings. The molecule has 36 heavy (non-hydrogen) atoms. The Labute approximate surface area is 216 Å². The lowest BCUT2D eigenvalue weighted by atomic mass is 10.1. The van der Waals surface area contributed by atoms with Crippen molar-refractivity contribution < 1.29 is 18.7 Å². The molecule has 0 saturated heterocycles. The Balaban J connectivity index is 1.57. The second-order valence-electron chi connectivity index (χ2n) is 7.84. The Morgan fingerprint density at radius 1 is 1.03 bits per heavy atom. The third-order valence-electron chi connectivity index (χ3n) is 5.33. The first-order valence-electron chi connectivity index (χ1n) is 11.2. The molecule has 4 aromatic carbocycles. The molecular weight excluding hydrogens is 523 g/mol. The largest absolute Gasteiger partial charge is 0.490 e. The number of para-hydroxylation sites is 1. The van der Waals surface area contributed by atoms with E-state index in [2.05, 4.69) is 45.5 Å². The number of ether oxygens (including phenoxy) is 2. The number of anilines is 1. The second kappa shape index (κ2) is 11.5. The van der Waals surface area contributed by atoms with Crippen molar-refractivity contribution in [2.24, 2.45) is 0 Å². The molecule has 0 aliphatic heterocycles. The van der Waals surface area contributed by atoms with Crippen molar-refractivity contribution in [3.8, 4) is 17.6 Å². The van der Waals surface area contributed by atoms with Crippen molar-refractivity contribution in [3.63, 3.8) is 0 Å². The van der Waals surface area contributed by atoms with Crippen molar-refractivity contribution in [1.29, 1.82) is 5.26 Å². The van der Waals surface area contributed by atoms with Gasteiger partial charge in [0.05, 0.1) is 16.8 Å². The molecule has 0 bridgehead atoms. The average Bonchev–Trinajstić information content (AvgIpc) is 2.88. The van der Waals surface area contributed by atoms with Gasteiger partial charge in [-0.3, -0.25) is 4.79 Å². The van der Waals surface area contributed by atoms with Crippen LogP contribution in [0.15, 0.2) is 88.9 Å². The molecule has 0 fully saturated rings. The Morgan fingerprint density at radius 2 is 1.78 bits per heavy atom. The maximum Gasteiger partial charge on any atom is 0.266 e. The maximum absolute atomic E-state index is 13.9. The highest BCUT2D eigenvalue weighted by Crippen LogP contribution is 2.38. The highest BCUT2D eigenvalue weighted by Gasteiger charge is 2.16. The van der Waals surface area contributed by atoms with Crippen LogP contribution >= 0.6 is 15.9 Å². The van der Waals surface area contributed by atoms with Gasteiger partial charge in [0.25, 0.3) is 5.91 Å². The van der Waals surface area contributed by atoms with Crippen molar-refractivity contribution in [1.82, 2.24) is 0 Å². The average molecular weight is 545 g/mol. The van der Waals surface area contributed by atoms with E-state index in [1.54, 1.807) is 18.2 Å². The highest BCUT2D eigenvalue weighted by atomic mass is 79.9. The number of hydrogen-bond acceptors (Lipinski definition) is 4. The molecular formula is C29H22BrFN2O3. The zero-order valence-corrected chi connectivity index (χ0v) is 21.0. The number of benzene rings is 4. The number of fused-ring (bicyclic) bond motifs is 1. The summed E-state index contributed by atoms with van der Waals surface area (Å²) < 4.78 is 26.4. The number of halogens is 2. The van der Waals surface area contributed by atoms with Crippen LogP contribution in [0.4, 0.5) is 10.1 Å². The topological polar surface area (TPSA) is 71.3 Å². The summed E-state index contributed by atoms with van der Waals surface area (Å²) in [6.07, 6.45) is 1.41. The third kappa shape index (κ3) is 5.91. The van der Waals surface area contributed by atoms with Crippen LogP contribution in [0.3, 0.4) is 0 Å². The van der Waals surface area contributed by atoms with Gasteiger partial charge < -0.3 is 14.8 Å². The smallest absolute Gasteiger partial charge is 0.266 e. The fourth-order valence-electron chi connectivity index (χ4n) is 3.63. The first kappa shape index (κ1) is 25.0. The predicted molar refractivity (Wildman–Crippen MR) is 142 cm³/mol. The van der Waals surface area contributed by atoms with E-state index in [0.29, 0.717) is 34.7 Å². The van der Waals surface area contributed by atoms with Crippen LogP contribution in [0, 0.1) is 17.1 Å². The molecule has 7 heteroatoms. The van der Waals surface area contributed by atoms with Gasteiger partial charge >= 0.3 is 0 Å². The Bertz CT molecular complexity index is 1490. The first-order chi connectivity index (χ1) is 17.5. The number of hydrogen-bond donors (Lipinski definition) is 1. The fraction of sp³-hybridized carbons (Fsp3) is 0.103. The Kier molecular flexibility index (Phi) is 7.99. The van der Waals surface area contributed by atoms with Gasteiger partial charge in [-0.2, -0.15) is 5.26 Å². The standard InChI is InChI=1S/C29H22BrFN2O3/c1-2-35-27-16-20(14-23(17-32)29(34)33-26-10-6-5-9-25(26)31)15-24(30)28(27)36-18-19-11-12-21-7-3-4-8-22(21)13-19/h3-16H,2,18H2,1H3,(H,33,34)/b23-14-. The van der Waals surface area contributed by atoms with Crippen LogP contribution in [0.2, 0.25) is 0 Å². The minimum Gasteiger partial charge on any atom is -0.490 e. The van der Waals surface area contributed by atoms with E-state index in [9.17, 15) is 14.4 Å². The zero-order chi connectivity index (χ0) is 25.5. The summed E-state index contributed by atoms with van der Waals surface area (Å²) in [6.45, 7) is 2.57. The van der Waals surface area contributed by atoms with Crippen molar-refractivity contribution >= 4 is 44.4 Å². The van der Waals surface area contributed by atoms with Gasteiger partial charge in [0.15, 0.2) is 11.5 Å². The SMILES string of the molecule is CCOc1cc(/C=C(/C#N)C(=O)Nc2ccccc2F)cc(Br)c1OCc1ccc2ccccc2c1. The van der Waals surface area contributed by atoms with Gasteiger partial charge in [-0.1, -0.05) is 48.5 Å². The molecule has 0 heterocycles. The van der Waals surface area contributed by atoms with E-state index in [0.717, 1.165) is 16.3 Å². The van der Waals surface area contributed by atoms with Gasteiger partial charge in [-0.05, 0) is 81.2 Å². The number of rotatable bonds is 8. The number of amides is 1. The van der Waals surface area contributed by atoms with E-state index in [-0.39, 0.29) is 11.3 Å². The third-order valence-corrected chi connectivity index (χ3v) is 5.92. The Hall–Kier alpha value is -4.15. The molecule has 1 amide bonds. The van der Waals surface area contributed by atoms with E-state index in [1.807, 2.05) is 31.2 Å². The lowest BCUT2D eigenvalue weighted by Gasteiger charge is -2.15. The van der Waals surface area contributed by atoms with E-state index in [4.69, 9.17) is 9.47 Å². The second-order valence-corrected chi connectivity index (χ2v) is 8.69. The number of nitrogens with zero attached hydrogens (tertiary/aromatic N) is 1. The summed E-state index contributed by atoms with van der Waals surface area (Å²) in [6, 6.07) is 25.3. The van der Waals surface area contributed by atoms with Gasteiger partial charge in [0.2, 0.25) is 0 Å². The number of carbonyl (C=O) groups is 1. The molecule has 0 spiro atoms. The quantitative estimate of drug-likeness (QED) is 0.187. The summed E-state index contributed by atoms with van der Waals surface area (Å²) in [5, 5.41) is 14.3. The fourth-order valence-corrected chi connectivity index (χ4v) is 4.20. The summed E-state index contributed by atoms with van der Waals surface area (Å²) >= 11 is 3.53. The lowest BCUT2D eigenvalue weighted by molar-refractivity contribution is -0.112. The summed E-state index contributed by atoms with van der Waals surface area (Å²) in [4.78, 5) is 12.6. The minimum absolute atomic E-state index is 0.00252. The summed E-state index contributed by atoms with van der Waals surface area (Å²) in [7, 11) is 0. The Morgan fingerprint density at radius 3 is 2.53 bits per heavy atom. The lowest BCUT2D eigenvalue weighted by Crippen LogP contribution is -2.14. The van der Waals surface area contributed by atoms with Gasteiger partial charge in [0, 0.05) is 0 Å². The predicted octanol–water partition coefficient (Wildman–Crippen LogP) is 7.26. The molecule has 180 valence electrons. The van der Waals surface area contributed by atoms with Crippen LogP contribution in [0.25, 0.3) is 16.8 Å². The zero-order valence-electron chi connectivity index (χ0n) is 19.4. The van der Waals surface area contributed by atoms with Crippen LogP contribution < -0.4 is 14.8 Å². The van der Waals surface area contributed by atoms with Gasteiger partial charge in [-0.25, -0.2) is 4.39 Å². The molecule has 0 aromatic heterocycles. The number of nitrogens with one attached hydrogen (secondary N) is 1. The highest BCUT2D eigenvalue weighted by molar-refractivity contribution is 9.10. The molecule has 0 unspecified atom stereocenters. The first-order valence-corrected chi connectivity index (χ1v) is 12.0. The summed E-state index contributed by atoms with van der Waals surface area (Å²) in [5.74, 6) is -0.326. The van der Waals surface area contributed by atoms with Crippen LogP contribution in [0.1, 0.15) is 18.1 Å². The molecule has 4 aromatic rings. The van der Waals surface area contributed by atoms with E-state index in [1.165, 1.54) is 24.3 Å². The van der Waals surface area contributed by atoms with Crippen LogP contribution in [-0.4, -0.2) is 12.5 Å². The molecule has 0 aliphatic carbocycles. The monoisotopic (exact) mass is 544 g/mol. The molecule has 4 rings (SSSR count). The van der Waals surface area contributed by atoms with Gasteiger partial charge in [0.1, 0.15) is 24.1 Å². The normalized spacial score (nSPS) is 11.1. The van der Waals surface area contributed by atoms with E-state index >= 15 is 0 Å².